The van der Waals surface area contributed by atoms with Gasteiger partial charge in [0.2, 0.25) is 5.91 Å². The molecule has 0 aromatic rings. The summed E-state index contributed by atoms with van der Waals surface area (Å²) >= 11 is 0. The number of rotatable bonds is 4. The van der Waals surface area contributed by atoms with Gasteiger partial charge in [0, 0.05) is 19.7 Å². The number of carbonyl (C=O) groups is 1. The van der Waals surface area contributed by atoms with E-state index in [0.717, 1.165) is 12.8 Å². The number of hydrogen-bond acceptors (Lipinski definition) is 2. The van der Waals surface area contributed by atoms with Crippen molar-refractivity contribution in [2.24, 2.45) is 0 Å². The van der Waals surface area contributed by atoms with Crippen molar-refractivity contribution in [3.05, 3.63) is 0 Å². The van der Waals surface area contributed by atoms with Crippen molar-refractivity contribution >= 4 is 5.91 Å². The Hall–Kier alpha value is -0.570. The maximum atomic E-state index is 11.2. The van der Waals surface area contributed by atoms with E-state index in [4.69, 9.17) is 4.74 Å². The van der Waals surface area contributed by atoms with Crippen molar-refractivity contribution in [1.29, 1.82) is 0 Å². The standard InChI is InChI=1S/C8H15NO2/c1-3-11-6-8(10)9(2)7-4-5-7/h7H,3-6H2,1-2H3. The molecule has 0 aromatic heterocycles. The Morgan fingerprint density at radius 1 is 1.64 bits per heavy atom. The fourth-order valence-electron chi connectivity index (χ4n) is 0.957. The summed E-state index contributed by atoms with van der Waals surface area (Å²) in [5.74, 6) is 0.106. The molecule has 0 bridgehead atoms. The van der Waals surface area contributed by atoms with Gasteiger partial charge >= 0.3 is 0 Å². The van der Waals surface area contributed by atoms with Crippen molar-refractivity contribution in [2.45, 2.75) is 25.8 Å². The number of nitrogens with zero attached hydrogens (tertiary/aromatic N) is 1. The van der Waals surface area contributed by atoms with Crippen LogP contribution in [0.3, 0.4) is 0 Å². The second-order valence-electron chi connectivity index (χ2n) is 2.87. The molecule has 0 atom stereocenters. The molecule has 1 saturated carbocycles. The lowest BCUT2D eigenvalue weighted by Gasteiger charge is -2.15. The second kappa shape index (κ2) is 3.72. The lowest BCUT2D eigenvalue weighted by Crippen LogP contribution is -2.32. The highest BCUT2D eigenvalue weighted by Gasteiger charge is 2.29. The molecule has 1 aliphatic carbocycles. The van der Waals surface area contributed by atoms with E-state index in [1.54, 1.807) is 4.90 Å². The Morgan fingerprint density at radius 2 is 2.27 bits per heavy atom. The van der Waals surface area contributed by atoms with E-state index in [0.29, 0.717) is 12.6 Å². The van der Waals surface area contributed by atoms with Gasteiger partial charge in [-0.2, -0.15) is 0 Å². The Balaban J connectivity index is 2.16. The van der Waals surface area contributed by atoms with Crippen LogP contribution < -0.4 is 0 Å². The molecule has 3 nitrogen and oxygen atoms in total. The van der Waals surface area contributed by atoms with Crippen molar-refractivity contribution in [2.75, 3.05) is 20.3 Å². The average Bonchev–Trinajstić information content (AvgIpc) is 2.81. The van der Waals surface area contributed by atoms with Crippen LogP contribution in [0.2, 0.25) is 0 Å². The van der Waals surface area contributed by atoms with Crippen LogP contribution in [0.15, 0.2) is 0 Å². The highest BCUT2D eigenvalue weighted by Crippen LogP contribution is 2.25. The smallest absolute Gasteiger partial charge is 0.248 e. The number of ether oxygens (including phenoxy) is 1. The van der Waals surface area contributed by atoms with Crippen LogP contribution in [-0.2, 0) is 9.53 Å². The first-order chi connectivity index (χ1) is 5.25. The maximum absolute atomic E-state index is 11.2. The molecule has 0 saturated heterocycles. The number of hydrogen-bond donors (Lipinski definition) is 0. The summed E-state index contributed by atoms with van der Waals surface area (Å²) in [5, 5.41) is 0. The minimum atomic E-state index is 0.106. The largest absolute Gasteiger partial charge is 0.372 e. The number of likely N-dealkylation sites (N-methyl/N-ethyl adjacent to an activating group) is 1. The van der Waals surface area contributed by atoms with Gasteiger partial charge in [-0.15, -0.1) is 0 Å². The summed E-state index contributed by atoms with van der Waals surface area (Å²) in [6.07, 6.45) is 2.32. The van der Waals surface area contributed by atoms with E-state index in [1.165, 1.54) is 0 Å². The van der Waals surface area contributed by atoms with Gasteiger partial charge in [-0.05, 0) is 19.8 Å². The zero-order valence-electron chi connectivity index (χ0n) is 7.17. The predicted molar refractivity (Wildman–Crippen MR) is 42.3 cm³/mol. The first-order valence-electron chi connectivity index (χ1n) is 4.09. The summed E-state index contributed by atoms with van der Waals surface area (Å²) in [6, 6.07) is 0.503. The van der Waals surface area contributed by atoms with Crippen molar-refractivity contribution in [1.82, 2.24) is 4.90 Å². The van der Waals surface area contributed by atoms with Gasteiger partial charge in [0.05, 0.1) is 0 Å². The second-order valence-corrected chi connectivity index (χ2v) is 2.87. The molecule has 1 amide bonds. The molecule has 0 unspecified atom stereocenters. The summed E-state index contributed by atoms with van der Waals surface area (Å²) in [5.41, 5.74) is 0. The average molecular weight is 157 g/mol. The van der Waals surface area contributed by atoms with E-state index in [2.05, 4.69) is 0 Å². The van der Waals surface area contributed by atoms with Crippen LogP contribution >= 0.6 is 0 Å². The van der Waals surface area contributed by atoms with Crippen molar-refractivity contribution < 1.29 is 9.53 Å². The zero-order valence-corrected chi connectivity index (χ0v) is 7.17. The van der Waals surface area contributed by atoms with E-state index in [-0.39, 0.29) is 12.5 Å². The SMILES string of the molecule is CCOCC(=O)N(C)C1CC1. The molecule has 0 aromatic carbocycles. The van der Waals surface area contributed by atoms with Crippen molar-refractivity contribution in [3.8, 4) is 0 Å². The fourth-order valence-corrected chi connectivity index (χ4v) is 0.957. The van der Waals surface area contributed by atoms with Gasteiger partial charge in [0.25, 0.3) is 0 Å². The van der Waals surface area contributed by atoms with Crippen LogP contribution in [0.1, 0.15) is 19.8 Å². The van der Waals surface area contributed by atoms with Crippen LogP contribution in [0.5, 0.6) is 0 Å². The van der Waals surface area contributed by atoms with E-state index >= 15 is 0 Å². The molecule has 1 fully saturated rings. The highest BCUT2D eigenvalue weighted by molar-refractivity contribution is 5.77. The summed E-state index contributed by atoms with van der Waals surface area (Å²) < 4.78 is 5.00. The summed E-state index contributed by atoms with van der Waals surface area (Å²) in [7, 11) is 1.85. The van der Waals surface area contributed by atoms with Gasteiger partial charge < -0.3 is 9.64 Å². The molecule has 11 heavy (non-hydrogen) atoms. The van der Waals surface area contributed by atoms with Crippen molar-refractivity contribution in [3.63, 3.8) is 0 Å². The van der Waals surface area contributed by atoms with Crippen LogP contribution in [0, 0.1) is 0 Å². The molecule has 0 aliphatic heterocycles. The zero-order chi connectivity index (χ0) is 8.27. The third-order valence-electron chi connectivity index (χ3n) is 1.92. The molecule has 1 rings (SSSR count). The lowest BCUT2D eigenvalue weighted by molar-refractivity contribution is -0.135. The maximum Gasteiger partial charge on any atom is 0.248 e. The Morgan fingerprint density at radius 3 is 2.73 bits per heavy atom. The van der Waals surface area contributed by atoms with Crippen LogP contribution in [0.25, 0.3) is 0 Å². The molecule has 0 N–H and O–H groups in total. The quantitative estimate of drug-likeness (QED) is 0.599. The monoisotopic (exact) mass is 157 g/mol. The molecule has 0 heterocycles. The Kier molecular flexibility index (Phi) is 2.88. The van der Waals surface area contributed by atoms with E-state index in [1.807, 2.05) is 14.0 Å². The molecule has 0 spiro atoms. The molecule has 1 aliphatic rings. The van der Waals surface area contributed by atoms with Gasteiger partial charge in [-0.1, -0.05) is 0 Å². The fraction of sp³-hybridized carbons (Fsp3) is 0.875. The Labute approximate surface area is 67.3 Å². The minimum absolute atomic E-state index is 0.106. The summed E-state index contributed by atoms with van der Waals surface area (Å²) in [6.45, 7) is 2.75. The third-order valence-corrected chi connectivity index (χ3v) is 1.92. The molecular formula is C8H15NO2. The molecule has 0 radical (unpaired) electrons. The molecule has 3 heteroatoms. The number of carbonyl (C=O) groups excluding carboxylic acids is 1. The third kappa shape index (κ3) is 2.50. The predicted octanol–water partition coefficient (Wildman–Crippen LogP) is 0.644. The minimum Gasteiger partial charge on any atom is -0.372 e. The van der Waals surface area contributed by atoms with Gasteiger partial charge in [0.15, 0.2) is 0 Å². The first kappa shape index (κ1) is 8.53. The lowest BCUT2D eigenvalue weighted by atomic mass is 10.5. The van der Waals surface area contributed by atoms with E-state index < -0.39 is 0 Å². The Bertz CT molecular complexity index is 143. The van der Waals surface area contributed by atoms with Crippen LogP contribution in [0.4, 0.5) is 0 Å². The summed E-state index contributed by atoms with van der Waals surface area (Å²) in [4.78, 5) is 13.0. The highest BCUT2D eigenvalue weighted by atomic mass is 16.5. The topological polar surface area (TPSA) is 29.5 Å². The van der Waals surface area contributed by atoms with Crippen LogP contribution in [-0.4, -0.2) is 37.1 Å². The van der Waals surface area contributed by atoms with Gasteiger partial charge in [-0.3, -0.25) is 4.79 Å². The first-order valence-corrected chi connectivity index (χ1v) is 4.09. The molecule has 64 valence electrons. The number of amides is 1. The van der Waals surface area contributed by atoms with Gasteiger partial charge in [0.1, 0.15) is 6.61 Å². The van der Waals surface area contributed by atoms with E-state index in [9.17, 15) is 4.79 Å². The molecular weight excluding hydrogens is 142 g/mol. The normalized spacial score (nSPS) is 16.5. The van der Waals surface area contributed by atoms with Gasteiger partial charge in [-0.25, -0.2) is 0 Å².